The molecular weight excluding hydrogens is 240 g/mol. The van der Waals surface area contributed by atoms with Crippen LogP contribution in [0.25, 0.3) is 0 Å². The van der Waals surface area contributed by atoms with Crippen LogP contribution < -0.4 is 10.6 Å². The van der Waals surface area contributed by atoms with Gasteiger partial charge in [0, 0.05) is 12.2 Å². The fourth-order valence-electron chi connectivity index (χ4n) is 1.37. The topological polar surface area (TPSA) is 86.5 Å². The number of nitrogens with zero attached hydrogens (tertiary/aromatic N) is 4. The molecule has 1 aromatic heterocycles. The predicted molar refractivity (Wildman–Crippen MR) is 73.0 cm³/mol. The number of hydrogen-bond donors (Lipinski definition) is 2. The molecule has 2 rings (SSSR count). The number of rotatable bonds is 5. The second-order valence-electron chi connectivity index (χ2n) is 3.58. The summed E-state index contributed by atoms with van der Waals surface area (Å²) >= 11 is 0. The van der Waals surface area contributed by atoms with Crippen LogP contribution in [0.2, 0.25) is 0 Å². The summed E-state index contributed by atoms with van der Waals surface area (Å²) in [6.07, 6.45) is 1.68. The standard InChI is InChI=1S/C13H12N6/c1-2-8-15-12-17-11(9-14)18-13(19-12)16-10-6-4-3-5-7-10/h2-7H,1,8H2,(H2,15,16,17,18,19). The minimum atomic E-state index is 0.0555. The van der Waals surface area contributed by atoms with Gasteiger partial charge in [-0.15, -0.1) is 6.58 Å². The van der Waals surface area contributed by atoms with Crippen molar-refractivity contribution in [3.8, 4) is 6.07 Å². The number of hydrogen-bond acceptors (Lipinski definition) is 6. The van der Waals surface area contributed by atoms with E-state index < -0.39 is 0 Å². The van der Waals surface area contributed by atoms with Gasteiger partial charge in [0.2, 0.25) is 17.7 Å². The zero-order valence-electron chi connectivity index (χ0n) is 10.2. The van der Waals surface area contributed by atoms with Crippen molar-refractivity contribution in [3.05, 3.63) is 48.8 Å². The molecule has 6 heteroatoms. The number of anilines is 3. The van der Waals surface area contributed by atoms with Gasteiger partial charge >= 0.3 is 0 Å². The van der Waals surface area contributed by atoms with Gasteiger partial charge in [0.05, 0.1) is 0 Å². The number of aromatic nitrogens is 3. The average Bonchev–Trinajstić information content (AvgIpc) is 2.46. The molecule has 19 heavy (non-hydrogen) atoms. The Bertz CT molecular complexity index is 602. The van der Waals surface area contributed by atoms with E-state index in [1.54, 1.807) is 6.08 Å². The highest BCUT2D eigenvalue weighted by atomic mass is 15.2. The second kappa shape index (κ2) is 6.12. The SMILES string of the molecule is C=CCNc1nc(C#N)nc(Nc2ccccc2)n1. The van der Waals surface area contributed by atoms with Crippen molar-refractivity contribution in [2.45, 2.75) is 0 Å². The number of para-hydroxylation sites is 1. The van der Waals surface area contributed by atoms with Crippen molar-refractivity contribution >= 4 is 17.6 Å². The first-order chi connectivity index (χ1) is 9.31. The molecular formula is C13H12N6. The summed E-state index contributed by atoms with van der Waals surface area (Å²) in [6, 6.07) is 11.4. The van der Waals surface area contributed by atoms with Crippen LogP contribution in [-0.2, 0) is 0 Å². The summed E-state index contributed by atoms with van der Waals surface area (Å²) in [7, 11) is 0. The molecule has 0 amide bonds. The first-order valence-electron chi connectivity index (χ1n) is 5.65. The molecule has 1 heterocycles. The highest BCUT2D eigenvalue weighted by Gasteiger charge is 2.05. The molecule has 0 saturated heterocycles. The Morgan fingerprint density at radius 3 is 2.58 bits per heavy atom. The normalized spacial score (nSPS) is 9.42. The highest BCUT2D eigenvalue weighted by molar-refractivity contribution is 5.54. The van der Waals surface area contributed by atoms with Crippen molar-refractivity contribution < 1.29 is 0 Å². The maximum Gasteiger partial charge on any atom is 0.238 e. The number of nitrogens with one attached hydrogen (secondary N) is 2. The summed E-state index contributed by atoms with van der Waals surface area (Å²) < 4.78 is 0. The van der Waals surface area contributed by atoms with Crippen LogP contribution in [0, 0.1) is 11.3 Å². The summed E-state index contributed by atoms with van der Waals surface area (Å²) in [5.41, 5.74) is 0.840. The molecule has 0 aliphatic rings. The van der Waals surface area contributed by atoms with Crippen LogP contribution in [0.5, 0.6) is 0 Å². The molecule has 1 aromatic carbocycles. The quantitative estimate of drug-likeness (QED) is 0.792. The van der Waals surface area contributed by atoms with Gasteiger partial charge in [0.25, 0.3) is 0 Å². The van der Waals surface area contributed by atoms with E-state index in [0.717, 1.165) is 5.69 Å². The van der Waals surface area contributed by atoms with E-state index in [-0.39, 0.29) is 5.82 Å². The van der Waals surface area contributed by atoms with Gasteiger partial charge in [-0.3, -0.25) is 0 Å². The van der Waals surface area contributed by atoms with E-state index in [2.05, 4.69) is 32.2 Å². The van der Waals surface area contributed by atoms with Gasteiger partial charge in [-0.05, 0) is 12.1 Å². The molecule has 0 aliphatic carbocycles. The molecule has 0 radical (unpaired) electrons. The van der Waals surface area contributed by atoms with Crippen molar-refractivity contribution in [2.75, 3.05) is 17.2 Å². The van der Waals surface area contributed by atoms with Crippen molar-refractivity contribution in [3.63, 3.8) is 0 Å². The molecule has 0 spiro atoms. The summed E-state index contributed by atoms with van der Waals surface area (Å²) in [6.45, 7) is 4.11. The van der Waals surface area contributed by atoms with Gasteiger partial charge in [-0.1, -0.05) is 24.3 Å². The van der Waals surface area contributed by atoms with E-state index in [9.17, 15) is 0 Å². The molecule has 6 nitrogen and oxygen atoms in total. The third-order valence-corrected chi connectivity index (χ3v) is 2.17. The van der Waals surface area contributed by atoms with Crippen LogP contribution in [0.3, 0.4) is 0 Å². The Labute approximate surface area is 110 Å². The second-order valence-corrected chi connectivity index (χ2v) is 3.58. The van der Waals surface area contributed by atoms with Crippen molar-refractivity contribution in [1.29, 1.82) is 5.26 Å². The monoisotopic (exact) mass is 252 g/mol. The fraction of sp³-hybridized carbons (Fsp3) is 0.0769. The molecule has 0 fully saturated rings. The summed E-state index contributed by atoms with van der Waals surface area (Å²) in [5.74, 6) is 0.717. The maximum atomic E-state index is 8.90. The predicted octanol–water partition coefficient (Wildman–Crippen LogP) is 2.08. The fourth-order valence-corrected chi connectivity index (χ4v) is 1.37. The molecule has 2 aromatic rings. The van der Waals surface area contributed by atoms with Crippen LogP contribution in [0.4, 0.5) is 17.6 Å². The van der Waals surface area contributed by atoms with Gasteiger partial charge in [-0.25, -0.2) is 0 Å². The smallest absolute Gasteiger partial charge is 0.238 e. The van der Waals surface area contributed by atoms with Gasteiger partial charge in [0.15, 0.2) is 0 Å². The Kier molecular flexibility index (Phi) is 4.03. The number of nitriles is 1. The highest BCUT2D eigenvalue weighted by Crippen LogP contribution is 2.13. The van der Waals surface area contributed by atoms with E-state index in [1.807, 2.05) is 36.4 Å². The zero-order chi connectivity index (χ0) is 13.5. The van der Waals surface area contributed by atoms with Crippen LogP contribution in [0.15, 0.2) is 43.0 Å². The third-order valence-electron chi connectivity index (χ3n) is 2.17. The third kappa shape index (κ3) is 3.51. The molecule has 0 atom stereocenters. The van der Waals surface area contributed by atoms with Crippen molar-refractivity contribution in [1.82, 2.24) is 15.0 Å². The Morgan fingerprint density at radius 1 is 1.16 bits per heavy atom. The minimum absolute atomic E-state index is 0.0555. The lowest BCUT2D eigenvalue weighted by Crippen LogP contribution is -2.08. The largest absolute Gasteiger partial charge is 0.351 e. The van der Waals surface area contributed by atoms with Gasteiger partial charge in [0.1, 0.15) is 6.07 Å². The van der Waals surface area contributed by atoms with Gasteiger partial charge in [-0.2, -0.15) is 20.2 Å². The molecule has 0 saturated carbocycles. The molecule has 0 unspecified atom stereocenters. The van der Waals surface area contributed by atoms with E-state index in [4.69, 9.17) is 5.26 Å². The molecule has 0 bridgehead atoms. The lowest BCUT2D eigenvalue weighted by Gasteiger charge is -2.07. The number of benzene rings is 1. The van der Waals surface area contributed by atoms with Crippen LogP contribution in [-0.4, -0.2) is 21.5 Å². The van der Waals surface area contributed by atoms with E-state index in [0.29, 0.717) is 18.4 Å². The molecule has 0 aliphatic heterocycles. The summed E-state index contributed by atoms with van der Waals surface area (Å²) in [4.78, 5) is 12.1. The Balaban J connectivity index is 2.24. The van der Waals surface area contributed by atoms with Crippen LogP contribution in [0.1, 0.15) is 5.82 Å². The molecule has 94 valence electrons. The van der Waals surface area contributed by atoms with E-state index in [1.165, 1.54) is 0 Å². The first kappa shape index (κ1) is 12.5. The Hall–Kier alpha value is -2.94. The average molecular weight is 252 g/mol. The lowest BCUT2D eigenvalue weighted by atomic mass is 10.3. The molecule has 2 N–H and O–H groups in total. The van der Waals surface area contributed by atoms with E-state index >= 15 is 0 Å². The first-order valence-corrected chi connectivity index (χ1v) is 5.65. The minimum Gasteiger partial charge on any atom is -0.351 e. The lowest BCUT2D eigenvalue weighted by molar-refractivity contribution is 1.01. The zero-order valence-corrected chi connectivity index (χ0v) is 10.2. The van der Waals surface area contributed by atoms with Gasteiger partial charge < -0.3 is 10.6 Å². The summed E-state index contributed by atoms with van der Waals surface area (Å²) in [5, 5.41) is 14.8. The Morgan fingerprint density at radius 2 is 1.89 bits per heavy atom. The van der Waals surface area contributed by atoms with Crippen molar-refractivity contribution in [2.24, 2.45) is 0 Å². The maximum absolute atomic E-state index is 8.90. The van der Waals surface area contributed by atoms with Crippen LogP contribution >= 0.6 is 0 Å².